The van der Waals surface area contributed by atoms with E-state index in [0.717, 1.165) is 19.6 Å². The lowest BCUT2D eigenvalue weighted by Gasteiger charge is -2.04. The van der Waals surface area contributed by atoms with Gasteiger partial charge in [0.05, 0.1) is 0 Å². The van der Waals surface area contributed by atoms with Crippen LogP contribution in [0.4, 0.5) is 0 Å². The van der Waals surface area contributed by atoms with Gasteiger partial charge in [0, 0.05) is 13.2 Å². The molecule has 0 saturated carbocycles. The average Bonchev–Trinajstić information content (AvgIpc) is 2.63. The van der Waals surface area contributed by atoms with E-state index in [1.807, 2.05) is 0 Å². The van der Waals surface area contributed by atoms with Gasteiger partial charge in [-0.25, -0.2) is 0 Å². The van der Waals surface area contributed by atoms with E-state index < -0.39 is 0 Å². The predicted molar refractivity (Wildman–Crippen MR) is 114 cm³/mol. The van der Waals surface area contributed by atoms with E-state index in [-0.39, 0.29) is 0 Å². The molecule has 1 nitrogen and oxygen atoms in total. The monoisotopic (exact) mass is 353 g/mol. The molecule has 1 heteroatoms. The zero-order chi connectivity index (χ0) is 18.3. The summed E-state index contributed by atoms with van der Waals surface area (Å²) < 4.78 is 5.37. The van der Waals surface area contributed by atoms with Crippen molar-refractivity contribution < 1.29 is 4.74 Å². The number of ether oxygens (including phenoxy) is 1. The van der Waals surface area contributed by atoms with E-state index in [1.54, 1.807) is 0 Å². The second-order valence-electron chi connectivity index (χ2n) is 7.77. The van der Waals surface area contributed by atoms with Gasteiger partial charge in [0.1, 0.15) is 0 Å². The lowest BCUT2D eigenvalue weighted by Crippen LogP contribution is -1.92. The molecule has 151 valence electrons. The molecule has 0 fully saturated rings. The molecular weight excluding hydrogens is 304 g/mol. The maximum Gasteiger partial charge on any atom is 0.0465 e. The Morgan fingerprint density at radius 1 is 0.440 bits per heavy atom. The van der Waals surface area contributed by atoms with Gasteiger partial charge in [-0.05, 0) is 13.3 Å². The van der Waals surface area contributed by atoms with Gasteiger partial charge in [0.25, 0.3) is 0 Å². The molecule has 0 amide bonds. The van der Waals surface area contributed by atoms with Crippen LogP contribution in [0, 0.1) is 6.92 Å². The Hall–Kier alpha value is -0.0400. The van der Waals surface area contributed by atoms with Crippen molar-refractivity contribution in [2.75, 3.05) is 13.2 Å². The molecule has 0 atom stereocenters. The van der Waals surface area contributed by atoms with Crippen molar-refractivity contribution in [3.05, 3.63) is 6.92 Å². The number of unbranched alkanes of at least 4 members (excludes halogenated alkanes) is 19. The van der Waals surface area contributed by atoms with Gasteiger partial charge >= 0.3 is 0 Å². The third kappa shape index (κ3) is 24.0. The third-order valence-electron chi connectivity index (χ3n) is 5.24. The maximum absolute atomic E-state index is 5.37. The van der Waals surface area contributed by atoms with E-state index in [1.165, 1.54) is 122 Å². The predicted octanol–water partition coefficient (Wildman–Crippen LogP) is 8.66. The third-order valence-corrected chi connectivity index (χ3v) is 5.24. The van der Waals surface area contributed by atoms with Crippen molar-refractivity contribution in [2.45, 2.75) is 135 Å². The number of hydrogen-bond donors (Lipinski definition) is 0. The molecule has 0 saturated heterocycles. The summed E-state index contributed by atoms with van der Waals surface area (Å²) in [5, 5.41) is 0. The van der Waals surface area contributed by atoms with Crippen LogP contribution in [0.5, 0.6) is 0 Å². The molecule has 0 unspecified atom stereocenters. The van der Waals surface area contributed by atoms with E-state index >= 15 is 0 Å². The first-order chi connectivity index (χ1) is 12.4. The Balaban J connectivity index is 2.94. The number of rotatable bonds is 22. The Morgan fingerprint density at radius 3 is 1.00 bits per heavy atom. The van der Waals surface area contributed by atoms with Crippen LogP contribution in [-0.4, -0.2) is 13.2 Å². The summed E-state index contributed by atoms with van der Waals surface area (Å²) >= 11 is 0. The highest BCUT2D eigenvalue weighted by Gasteiger charge is 1.95. The zero-order valence-electron chi connectivity index (χ0n) is 17.7. The summed E-state index contributed by atoms with van der Waals surface area (Å²) in [6, 6.07) is 0. The van der Waals surface area contributed by atoms with Crippen molar-refractivity contribution >= 4 is 0 Å². The fraction of sp³-hybridized carbons (Fsp3) is 0.958. The zero-order valence-corrected chi connectivity index (χ0v) is 17.7. The highest BCUT2D eigenvalue weighted by molar-refractivity contribution is 4.51. The van der Waals surface area contributed by atoms with Gasteiger partial charge in [0.2, 0.25) is 0 Å². The fourth-order valence-corrected chi connectivity index (χ4v) is 3.53. The minimum Gasteiger partial charge on any atom is -0.382 e. The van der Waals surface area contributed by atoms with Crippen LogP contribution in [-0.2, 0) is 4.74 Å². The van der Waals surface area contributed by atoms with Crippen LogP contribution in [0.2, 0.25) is 0 Å². The van der Waals surface area contributed by atoms with Gasteiger partial charge < -0.3 is 4.74 Å². The van der Waals surface area contributed by atoms with E-state index in [9.17, 15) is 0 Å². The summed E-state index contributed by atoms with van der Waals surface area (Å²) in [6.07, 6.45) is 28.3. The lowest BCUT2D eigenvalue weighted by atomic mass is 10.0. The van der Waals surface area contributed by atoms with Crippen LogP contribution in [0.1, 0.15) is 135 Å². The summed E-state index contributed by atoms with van der Waals surface area (Å²) in [5.41, 5.74) is 0. The van der Waals surface area contributed by atoms with Crippen molar-refractivity contribution in [1.82, 2.24) is 0 Å². The van der Waals surface area contributed by atoms with Crippen LogP contribution in [0.25, 0.3) is 0 Å². The molecule has 1 radical (unpaired) electrons. The standard InChI is InChI=1S/C24H49O/c1-3-5-6-7-8-9-10-11-12-13-14-15-16-17-18-19-20-21-22-23-24-25-4-2/h1,3-24H2,2H3. The molecule has 0 aromatic carbocycles. The van der Waals surface area contributed by atoms with Crippen molar-refractivity contribution in [2.24, 2.45) is 0 Å². The quantitative estimate of drug-likeness (QED) is 0.177. The molecular formula is C24H49O. The van der Waals surface area contributed by atoms with E-state index in [4.69, 9.17) is 4.74 Å². The smallest absolute Gasteiger partial charge is 0.0465 e. The summed E-state index contributed by atoms with van der Waals surface area (Å²) in [7, 11) is 0. The Labute approximate surface area is 160 Å². The highest BCUT2D eigenvalue weighted by atomic mass is 16.5. The summed E-state index contributed by atoms with van der Waals surface area (Å²) in [6.45, 7) is 7.82. The normalized spacial score (nSPS) is 11.3. The van der Waals surface area contributed by atoms with Crippen LogP contribution < -0.4 is 0 Å². The molecule has 25 heavy (non-hydrogen) atoms. The first-order valence-corrected chi connectivity index (χ1v) is 11.8. The molecule has 0 aliphatic carbocycles. The van der Waals surface area contributed by atoms with Gasteiger partial charge in [-0.1, -0.05) is 129 Å². The first-order valence-electron chi connectivity index (χ1n) is 11.8. The second-order valence-corrected chi connectivity index (χ2v) is 7.77. The molecule has 0 spiro atoms. The Morgan fingerprint density at radius 2 is 0.720 bits per heavy atom. The van der Waals surface area contributed by atoms with Crippen LogP contribution in [0.3, 0.4) is 0 Å². The second kappa shape index (κ2) is 24.0. The Kier molecular flexibility index (Phi) is 23.9. The van der Waals surface area contributed by atoms with Crippen molar-refractivity contribution in [3.8, 4) is 0 Å². The maximum atomic E-state index is 5.37. The van der Waals surface area contributed by atoms with E-state index in [2.05, 4.69) is 13.8 Å². The minimum absolute atomic E-state index is 0.872. The number of hydrogen-bond acceptors (Lipinski definition) is 1. The molecule has 0 heterocycles. The van der Waals surface area contributed by atoms with Crippen LogP contribution in [0.15, 0.2) is 0 Å². The van der Waals surface area contributed by atoms with Gasteiger partial charge in [-0.3, -0.25) is 0 Å². The van der Waals surface area contributed by atoms with Crippen LogP contribution >= 0.6 is 0 Å². The van der Waals surface area contributed by atoms with Crippen molar-refractivity contribution in [3.63, 3.8) is 0 Å². The molecule has 0 aliphatic rings. The molecule has 0 rings (SSSR count). The first kappa shape index (κ1) is 25.0. The molecule has 0 aliphatic heterocycles. The summed E-state index contributed by atoms with van der Waals surface area (Å²) in [5.74, 6) is 0. The Bertz CT molecular complexity index is 192. The van der Waals surface area contributed by atoms with E-state index in [0.29, 0.717) is 0 Å². The molecule has 0 aromatic rings. The van der Waals surface area contributed by atoms with Gasteiger partial charge in [-0.15, -0.1) is 0 Å². The average molecular weight is 354 g/mol. The lowest BCUT2D eigenvalue weighted by molar-refractivity contribution is 0.143. The molecule has 0 bridgehead atoms. The topological polar surface area (TPSA) is 9.23 Å². The fourth-order valence-electron chi connectivity index (χ4n) is 3.53. The minimum atomic E-state index is 0.872. The summed E-state index contributed by atoms with van der Waals surface area (Å²) in [4.78, 5) is 0. The largest absolute Gasteiger partial charge is 0.382 e. The molecule has 0 aromatic heterocycles. The highest BCUT2D eigenvalue weighted by Crippen LogP contribution is 2.14. The van der Waals surface area contributed by atoms with Gasteiger partial charge in [-0.2, -0.15) is 0 Å². The molecule has 0 N–H and O–H groups in total. The van der Waals surface area contributed by atoms with Crippen molar-refractivity contribution in [1.29, 1.82) is 0 Å². The van der Waals surface area contributed by atoms with Gasteiger partial charge in [0.15, 0.2) is 0 Å². The SMILES string of the molecule is [CH2]CCCCCCCCCCCCCCCCCCCCCOCC.